The van der Waals surface area contributed by atoms with Crippen molar-refractivity contribution in [1.29, 1.82) is 5.26 Å². The van der Waals surface area contributed by atoms with Crippen molar-refractivity contribution < 1.29 is 19.1 Å². The molecule has 0 spiro atoms. The van der Waals surface area contributed by atoms with Gasteiger partial charge in [0.15, 0.2) is 5.13 Å². The molecule has 3 aromatic rings. The van der Waals surface area contributed by atoms with Gasteiger partial charge in [-0.1, -0.05) is 24.3 Å². The Labute approximate surface area is 224 Å². The number of anilines is 1. The summed E-state index contributed by atoms with van der Waals surface area (Å²) in [5, 5.41) is 17.3. The number of nitrogens with zero attached hydrogens (tertiary/aromatic N) is 3. The molecule has 194 valence electrons. The minimum Gasteiger partial charge on any atom is -0.375 e. The predicted octanol–water partition coefficient (Wildman–Crippen LogP) is 3.44. The zero-order valence-corrected chi connectivity index (χ0v) is 21.9. The molecule has 1 fully saturated rings. The van der Waals surface area contributed by atoms with Gasteiger partial charge in [-0.15, -0.1) is 11.3 Å². The van der Waals surface area contributed by atoms with Crippen LogP contribution in [0.2, 0.25) is 0 Å². The minimum atomic E-state index is -0.823. The average Bonchev–Trinajstić information content (AvgIpc) is 3.35. The lowest BCUT2D eigenvalue weighted by Crippen LogP contribution is -2.47. The first-order valence-corrected chi connectivity index (χ1v) is 13.2. The molecule has 1 saturated heterocycles. The van der Waals surface area contributed by atoms with Crippen LogP contribution >= 0.6 is 11.3 Å². The first-order chi connectivity index (χ1) is 18.3. The Morgan fingerprint density at radius 2 is 2.05 bits per heavy atom. The summed E-state index contributed by atoms with van der Waals surface area (Å²) < 4.78 is 5.51. The van der Waals surface area contributed by atoms with Crippen LogP contribution in [0.5, 0.6) is 0 Å². The topological polar surface area (TPSA) is 124 Å². The van der Waals surface area contributed by atoms with Crippen LogP contribution in [0.4, 0.5) is 5.13 Å². The van der Waals surface area contributed by atoms with E-state index in [1.807, 2.05) is 22.4 Å². The predicted molar refractivity (Wildman–Crippen MR) is 143 cm³/mol. The third kappa shape index (κ3) is 5.16. The van der Waals surface area contributed by atoms with Crippen LogP contribution in [0.25, 0.3) is 11.3 Å². The zero-order valence-electron chi connectivity index (χ0n) is 21.1. The smallest absolute Gasteiger partial charge is 0.251 e. The van der Waals surface area contributed by atoms with Crippen LogP contribution in [-0.2, 0) is 26.3 Å². The normalized spacial score (nSPS) is 18.6. The summed E-state index contributed by atoms with van der Waals surface area (Å²) in [6, 6.07) is 15.5. The molecule has 3 amide bonds. The van der Waals surface area contributed by atoms with E-state index in [9.17, 15) is 19.6 Å². The molecule has 0 radical (unpaired) electrons. The quantitative estimate of drug-likeness (QED) is 0.504. The number of amides is 3. The monoisotopic (exact) mass is 529 g/mol. The molecule has 9 nitrogen and oxygen atoms in total. The number of carbonyl (C=O) groups is 3. The highest BCUT2D eigenvalue weighted by Crippen LogP contribution is 2.33. The highest BCUT2D eigenvalue weighted by molar-refractivity contribution is 7.14. The summed E-state index contributed by atoms with van der Waals surface area (Å²) in [7, 11) is 0. The molecule has 38 heavy (non-hydrogen) atoms. The maximum Gasteiger partial charge on any atom is 0.251 e. The van der Waals surface area contributed by atoms with E-state index in [1.165, 1.54) is 11.3 Å². The summed E-state index contributed by atoms with van der Waals surface area (Å²) >= 11 is 1.31. The van der Waals surface area contributed by atoms with Crippen molar-refractivity contribution in [2.45, 2.75) is 31.8 Å². The maximum absolute atomic E-state index is 12.7. The number of rotatable bonds is 6. The number of ether oxygens (including phenoxy) is 1. The molecule has 1 atom stereocenters. The van der Waals surface area contributed by atoms with Crippen molar-refractivity contribution in [1.82, 2.24) is 15.2 Å². The lowest BCUT2D eigenvalue weighted by Gasteiger charge is -2.39. The van der Waals surface area contributed by atoms with E-state index in [0.717, 1.165) is 41.0 Å². The van der Waals surface area contributed by atoms with Gasteiger partial charge in [0.2, 0.25) is 11.8 Å². The molecule has 2 N–H and O–H groups in total. The van der Waals surface area contributed by atoms with E-state index in [0.29, 0.717) is 23.2 Å². The van der Waals surface area contributed by atoms with Crippen LogP contribution in [0.1, 0.15) is 46.8 Å². The number of hydrogen-bond donors (Lipinski definition) is 2. The van der Waals surface area contributed by atoms with Gasteiger partial charge in [-0.05, 0) is 41.8 Å². The largest absolute Gasteiger partial charge is 0.375 e. The molecule has 0 aliphatic carbocycles. The number of hydrogen-bond acceptors (Lipinski definition) is 7. The molecule has 2 aliphatic heterocycles. The van der Waals surface area contributed by atoms with Gasteiger partial charge in [-0.25, -0.2) is 4.98 Å². The molecular weight excluding hydrogens is 502 g/mol. The summed E-state index contributed by atoms with van der Waals surface area (Å²) in [5.74, 6) is -0.378. The Bertz CT molecular complexity index is 1460. The van der Waals surface area contributed by atoms with E-state index in [-0.39, 0.29) is 25.0 Å². The number of aromatic nitrogens is 1. The third-order valence-electron chi connectivity index (χ3n) is 7.00. The Kier molecular flexibility index (Phi) is 6.97. The lowest BCUT2D eigenvalue weighted by molar-refractivity contribution is -0.133. The highest BCUT2D eigenvalue weighted by atomic mass is 32.1. The van der Waals surface area contributed by atoms with Gasteiger partial charge in [0.25, 0.3) is 5.91 Å². The van der Waals surface area contributed by atoms with E-state index in [4.69, 9.17) is 4.74 Å². The second kappa shape index (κ2) is 10.4. The number of nitrogens with one attached hydrogen (secondary N) is 2. The van der Waals surface area contributed by atoms with Crippen LogP contribution in [-0.4, -0.2) is 53.8 Å². The fourth-order valence-electron chi connectivity index (χ4n) is 4.68. The number of likely N-dealkylation sites (tertiary alicyclic amines) is 1. The number of carbonyl (C=O) groups excluding carboxylic acids is 3. The molecule has 10 heteroatoms. The maximum atomic E-state index is 12.7. The molecule has 0 saturated carbocycles. The van der Waals surface area contributed by atoms with Gasteiger partial charge in [0.1, 0.15) is 5.41 Å². The Balaban J connectivity index is 1.17. The third-order valence-corrected chi connectivity index (χ3v) is 7.76. The van der Waals surface area contributed by atoms with Gasteiger partial charge < -0.3 is 20.3 Å². The average molecular weight is 530 g/mol. The minimum absolute atomic E-state index is 0.0910. The van der Waals surface area contributed by atoms with E-state index < -0.39 is 11.3 Å². The fourth-order valence-corrected chi connectivity index (χ4v) is 5.42. The number of thiazole rings is 1. The van der Waals surface area contributed by atoms with E-state index >= 15 is 0 Å². The van der Waals surface area contributed by atoms with Gasteiger partial charge in [-0.2, -0.15) is 5.26 Å². The van der Waals surface area contributed by atoms with Crippen molar-refractivity contribution in [3.8, 4) is 17.3 Å². The molecular formula is C28H27N5O4S. The summed E-state index contributed by atoms with van der Waals surface area (Å²) in [6.07, 6.45) is 0. The first-order valence-electron chi connectivity index (χ1n) is 12.3. The standard InChI is InChI=1S/C28H27N5O4S/c1-17(34)33-11-22(12-33)18-4-3-5-19(8-18)24-14-38-27(31-24)32-25(35)10-30-26(36)20-6-7-21-13-37-16-28(2,15-29)23(21)9-20/h3-9,14,22H,10-13,16H2,1-2H3,(H,30,36)(H,31,32,35)/t28-/m1/s1. The summed E-state index contributed by atoms with van der Waals surface area (Å²) in [4.78, 5) is 43.0. The second-order valence-electron chi connectivity index (χ2n) is 9.82. The second-order valence-corrected chi connectivity index (χ2v) is 10.7. The first kappa shape index (κ1) is 25.6. The van der Waals surface area contributed by atoms with E-state index in [2.05, 4.69) is 33.8 Å². The van der Waals surface area contributed by atoms with Crippen LogP contribution in [0.15, 0.2) is 47.8 Å². The number of nitriles is 1. The Morgan fingerprint density at radius 3 is 2.82 bits per heavy atom. The zero-order chi connectivity index (χ0) is 26.9. The number of fused-ring (bicyclic) bond motifs is 1. The fraction of sp³-hybridized carbons (Fsp3) is 0.321. The molecule has 1 aromatic heterocycles. The van der Waals surface area contributed by atoms with Crippen molar-refractivity contribution in [2.75, 3.05) is 31.6 Å². The van der Waals surface area contributed by atoms with Crippen molar-refractivity contribution in [2.24, 2.45) is 0 Å². The molecule has 0 bridgehead atoms. The van der Waals surface area contributed by atoms with Crippen molar-refractivity contribution in [3.05, 3.63) is 70.1 Å². The van der Waals surface area contributed by atoms with Gasteiger partial charge in [0.05, 0.1) is 31.5 Å². The number of benzene rings is 2. The van der Waals surface area contributed by atoms with Crippen LogP contribution in [0, 0.1) is 11.3 Å². The van der Waals surface area contributed by atoms with Gasteiger partial charge in [-0.3, -0.25) is 14.4 Å². The van der Waals surface area contributed by atoms with Crippen LogP contribution < -0.4 is 10.6 Å². The summed E-state index contributed by atoms with van der Waals surface area (Å²) in [6.45, 7) is 5.26. The molecule has 2 aromatic carbocycles. The molecule has 3 heterocycles. The molecule has 2 aliphatic rings. The Morgan fingerprint density at radius 1 is 1.24 bits per heavy atom. The van der Waals surface area contributed by atoms with Crippen molar-refractivity contribution >= 4 is 34.2 Å². The van der Waals surface area contributed by atoms with E-state index in [1.54, 1.807) is 32.0 Å². The lowest BCUT2D eigenvalue weighted by atomic mass is 9.79. The van der Waals surface area contributed by atoms with Crippen molar-refractivity contribution in [3.63, 3.8) is 0 Å². The van der Waals surface area contributed by atoms with Gasteiger partial charge >= 0.3 is 0 Å². The van der Waals surface area contributed by atoms with Crippen LogP contribution in [0.3, 0.4) is 0 Å². The van der Waals surface area contributed by atoms with Gasteiger partial charge in [0, 0.05) is 42.4 Å². The summed E-state index contributed by atoms with van der Waals surface area (Å²) in [5.41, 5.74) is 4.06. The SMILES string of the molecule is CC(=O)N1CC(c2cccc(-c3csc(NC(=O)CNC(=O)c4ccc5c(c4)[C@](C)(C#N)COC5)n3)c2)C1. The highest BCUT2D eigenvalue weighted by Gasteiger charge is 2.34. The molecule has 5 rings (SSSR count). The molecule has 0 unspecified atom stereocenters. The Hall–Kier alpha value is -4.07.